The van der Waals surface area contributed by atoms with Gasteiger partial charge in [0.15, 0.2) is 5.69 Å². The van der Waals surface area contributed by atoms with Crippen LogP contribution in [0, 0.1) is 0 Å². The molecule has 2 rings (SSSR count). The fourth-order valence-corrected chi connectivity index (χ4v) is 3.12. The quantitative estimate of drug-likeness (QED) is 0.503. The molecule has 0 amide bonds. The highest BCUT2D eigenvalue weighted by Gasteiger charge is 2.26. The van der Waals surface area contributed by atoms with Crippen LogP contribution in [0.2, 0.25) is 0 Å². The lowest BCUT2D eigenvalue weighted by Gasteiger charge is -2.26. The Balaban J connectivity index is 2.08. The van der Waals surface area contributed by atoms with Crippen molar-refractivity contribution >= 4 is 19.7 Å². The van der Waals surface area contributed by atoms with Crippen LogP contribution in [-0.4, -0.2) is 46.7 Å². The van der Waals surface area contributed by atoms with Gasteiger partial charge in [-0.05, 0) is 20.3 Å². The standard InChI is InChI=1S/C12H21N4O5P/c1-3-20-11(17)10-8-16-9(5-6-13-12(16)15-10)7-14-22(18,19)21-4-2/h8-9H,3-7H2,1-2H3,(H,13,15)(H2,14,18,19). The molecule has 2 unspecified atom stereocenters. The first-order valence-electron chi connectivity index (χ1n) is 7.19. The van der Waals surface area contributed by atoms with Gasteiger partial charge in [0, 0.05) is 19.3 Å². The van der Waals surface area contributed by atoms with Crippen molar-refractivity contribution in [1.82, 2.24) is 14.6 Å². The molecule has 10 heteroatoms. The summed E-state index contributed by atoms with van der Waals surface area (Å²) in [5, 5.41) is 5.62. The van der Waals surface area contributed by atoms with E-state index in [1.54, 1.807) is 24.6 Å². The number of nitrogens with zero attached hydrogens (tertiary/aromatic N) is 2. The molecule has 0 aliphatic carbocycles. The summed E-state index contributed by atoms with van der Waals surface area (Å²) in [6.45, 7) is 4.70. The van der Waals surface area contributed by atoms with Crippen LogP contribution in [0.1, 0.15) is 36.8 Å². The third-order valence-electron chi connectivity index (χ3n) is 3.20. The molecule has 2 atom stereocenters. The van der Waals surface area contributed by atoms with E-state index in [-0.39, 0.29) is 31.5 Å². The van der Waals surface area contributed by atoms with Crippen molar-refractivity contribution in [3.63, 3.8) is 0 Å². The Bertz CT molecular complexity index is 576. The van der Waals surface area contributed by atoms with E-state index >= 15 is 0 Å². The van der Waals surface area contributed by atoms with Crippen LogP contribution in [0.3, 0.4) is 0 Å². The molecule has 0 fully saturated rings. The molecule has 1 aliphatic heterocycles. The SMILES string of the molecule is CCOC(=O)c1cn2c(n1)NCCC2CNP(=O)(O)OCC. The van der Waals surface area contributed by atoms with Gasteiger partial charge in [-0.25, -0.2) is 19.4 Å². The number of aromatic nitrogens is 2. The Morgan fingerprint density at radius 3 is 3.05 bits per heavy atom. The van der Waals surface area contributed by atoms with Gasteiger partial charge in [-0.15, -0.1) is 0 Å². The highest BCUT2D eigenvalue weighted by atomic mass is 31.2. The monoisotopic (exact) mass is 332 g/mol. The van der Waals surface area contributed by atoms with Crippen molar-refractivity contribution in [2.75, 3.05) is 31.6 Å². The molecular formula is C12H21N4O5P. The number of carbonyl (C=O) groups is 1. The summed E-state index contributed by atoms with van der Waals surface area (Å²) >= 11 is 0. The average Bonchev–Trinajstić information content (AvgIpc) is 2.90. The summed E-state index contributed by atoms with van der Waals surface area (Å²) in [6.07, 6.45) is 2.32. The number of rotatable bonds is 7. The van der Waals surface area contributed by atoms with E-state index in [1.165, 1.54) is 0 Å². The van der Waals surface area contributed by atoms with Gasteiger partial charge in [0.1, 0.15) is 0 Å². The van der Waals surface area contributed by atoms with E-state index in [2.05, 4.69) is 15.4 Å². The van der Waals surface area contributed by atoms with Crippen molar-refractivity contribution in [3.8, 4) is 0 Å². The molecule has 0 radical (unpaired) electrons. The molecule has 2 heterocycles. The highest BCUT2D eigenvalue weighted by molar-refractivity contribution is 7.50. The van der Waals surface area contributed by atoms with Gasteiger partial charge < -0.3 is 19.5 Å². The number of fused-ring (bicyclic) bond motifs is 1. The summed E-state index contributed by atoms with van der Waals surface area (Å²) in [6, 6.07) is -0.104. The molecular weight excluding hydrogens is 311 g/mol. The van der Waals surface area contributed by atoms with Crippen LogP contribution >= 0.6 is 7.75 Å². The lowest BCUT2D eigenvalue weighted by Crippen LogP contribution is -2.30. The van der Waals surface area contributed by atoms with Gasteiger partial charge in [0.25, 0.3) is 0 Å². The number of esters is 1. The topological polar surface area (TPSA) is 115 Å². The lowest BCUT2D eigenvalue weighted by molar-refractivity contribution is 0.0520. The molecule has 0 spiro atoms. The second-order valence-electron chi connectivity index (χ2n) is 4.75. The molecule has 9 nitrogen and oxygen atoms in total. The molecule has 124 valence electrons. The van der Waals surface area contributed by atoms with Crippen molar-refractivity contribution in [1.29, 1.82) is 0 Å². The smallest absolute Gasteiger partial charge is 0.402 e. The highest BCUT2D eigenvalue weighted by Crippen LogP contribution is 2.37. The summed E-state index contributed by atoms with van der Waals surface area (Å²) in [5.41, 5.74) is 0.216. The van der Waals surface area contributed by atoms with Gasteiger partial charge >= 0.3 is 13.7 Å². The van der Waals surface area contributed by atoms with E-state index in [0.29, 0.717) is 12.5 Å². The van der Waals surface area contributed by atoms with E-state index in [0.717, 1.165) is 6.42 Å². The van der Waals surface area contributed by atoms with E-state index < -0.39 is 13.7 Å². The predicted octanol–water partition coefficient (Wildman–Crippen LogP) is 1.14. The van der Waals surface area contributed by atoms with Crippen LogP contribution in [-0.2, 0) is 13.8 Å². The minimum Gasteiger partial charge on any atom is -0.461 e. The van der Waals surface area contributed by atoms with Crippen LogP contribution in [0.15, 0.2) is 6.20 Å². The van der Waals surface area contributed by atoms with Crippen molar-refractivity contribution in [2.24, 2.45) is 0 Å². The van der Waals surface area contributed by atoms with Crippen molar-refractivity contribution < 1.29 is 23.5 Å². The molecule has 0 aromatic carbocycles. The molecule has 0 saturated carbocycles. The number of carbonyl (C=O) groups excluding carboxylic acids is 1. The minimum atomic E-state index is -3.79. The van der Waals surface area contributed by atoms with E-state index in [1.807, 2.05) is 0 Å². The number of hydrogen-bond donors (Lipinski definition) is 3. The average molecular weight is 332 g/mol. The number of hydrogen-bond acceptors (Lipinski definition) is 6. The van der Waals surface area contributed by atoms with E-state index in [9.17, 15) is 14.3 Å². The third-order valence-corrected chi connectivity index (χ3v) is 4.39. The zero-order valence-corrected chi connectivity index (χ0v) is 13.5. The zero-order valence-electron chi connectivity index (χ0n) is 12.6. The van der Waals surface area contributed by atoms with Crippen LogP contribution in [0.25, 0.3) is 0 Å². The second-order valence-corrected chi connectivity index (χ2v) is 6.36. The first kappa shape index (κ1) is 17.0. The predicted molar refractivity (Wildman–Crippen MR) is 79.8 cm³/mol. The fourth-order valence-electron chi connectivity index (χ4n) is 2.24. The van der Waals surface area contributed by atoms with Gasteiger partial charge in [-0.2, -0.15) is 0 Å². The molecule has 3 N–H and O–H groups in total. The number of nitrogens with one attached hydrogen (secondary N) is 2. The second kappa shape index (κ2) is 7.23. The van der Waals surface area contributed by atoms with Gasteiger partial charge in [-0.3, -0.25) is 4.52 Å². The Hall–Kier alpha value is -1.41. The maximum Gasteiger partial charge on any atom is 0.402 e. The molecule has 0 bridgehead atoms. The molecule has 1 aromatic heterocycles. The van der Waals surface area contributed by atoms with Crippen LogP contribution < -0.4 is 10.4 Å². The van der Waals surface area contributed by atoms with Gasteiger partial charge in [0.2, 0.25) is 5.95 Å². The normalized spacial score (nSPS) is 19.9. The maximum absolute atomic E-state index is 11.7. The molecule has 1 aromatic rings. The Morgan fingerprint density at radius 1 is 1.59 bits per heavy atom. The zero-order chi connectivity index (χ0) is 16.2. The first-order valence-corrected chi connectivity index (χ1v) is 8.77. The Kier molecular flexibility index (Phi) is 5.57. The summed E-state index contributed by atoms with van der Waals surface area (Å²) in [5.74, 6) is 0.0605. The minimum absolute atomic E-state index is 0.104. The molecule has 1 aliphatic rings. The van der Waals surface area contributed by atoms with Gasteiger partial charge in [0.05, 0.1) is 19.3 Å². The van der Waals surface area contributed by atoms with Crippen LogP contribution in [0.5, 0.6) is 0 Å². The number of anilines is 1. The van der Waals surface area contributed by atoms with Crippen molar-refractivity contribution in [3.05, 3.63) is 11.9 Å². The van der Waals surface area contributed by atoms with Crippen LogP contribution in [0.4, 0.5) is 5.95 Å². The Labute approximate surface area is 128 Å². The number of ether oxygens (including phenoxy) is 1. The summed E-state index contributed by atoms with van der Waals surface area (Å²) in [7, 11) is -3.79. The first-order chi connectivity index (χ1) is 10.5. The Morgan fingerprint density at radius 2 is 2.36 bits per heavy atom. The lowest BCUT2D eigenvalue weighted by atomic mass is 10.2. The maximum atomic E-state index is 11.7. The van der Waals surface area contributed by atoms with Crippen molar-refractivity contribution in [2.45, 2.75) is 26.3 Å². The van der Waals surface area contributed by atoms with E-state index in [4.69, 9.17) is 9.26 Å². The fraction of sp³-hybridized carbons (Fsp3) is 0.667. The molecule has 22 heavy (non-hydrogen) atoms. The van der Waals surface area contributed by atoms with Gasteiger partial charge in [-0.1, -0.05) is 0 Å². The largest absolute Gasteiger partial charge is 0.461 e. The third kappa shape index (κ3) is 4.07. The number of imidazole rings is 1. The molecule has 0 saturated heterocycles. The summed E-state index contributed by atoms with van der Waals surface area (Å²) < 4.78 is 23.1. The summed E-state index contributed by atoms with van der Waals surface area (Å²) in [4.78, 5) is 25.5.